The van der Waals surface area contributed by atoms with Gasteiger partial charge in [-0.15, -0.1) is 11.3 Å². The van der Waals surface area contributed by atoms with E-state index in [1.54, 1.807) is 0 Å². The van der Waals surface area contributed by atoms with Crippen molar-refractivity contribution in [3.8, 4) is 10.4 Å². The number of aliphatic hydroxyl groups is 1. The van der Waals surface area contributed by atoms with E-state index in [-0.39, 0.29) is 17.0 Å². The van der Waals surface area contributed by atoms with Crippen LogP contribution >= 0.6 is 11.3 Å². The van der Waals surface area contributed by atoms with E-state index in [0.29, 0.717) is 16.1 Å². The Morgan fingerprint density at radius 2 is 2.14 bits per heavy atom. The molecule has 0 unspecified atom stereocenters. The number of aromatic amines is 1. The number of anilines is 1. The van der Waals surface area contributed by atoms with E-state index < -0.39 is 49.5 Å². The predicted molar refractivity (Wildman–Crippen MR) is 90.7 cm³/mol. The fourth-order valence-corrected chi connectivity index (χ4v) is 4.87. The Morgan fingerprint density at radius 3 is 2.79 bits per heavy atom. The lowest BCUT2D eigenvalue weighted by Gasteiger charge is -2.36. The molecule has 2 atom stereocenters. The van der Waals surface area contributed by atoms with Crippen LogP contribution in [0.2, 0.25) is 0 Å². The highest BCUT2D eigenvalue weighted by atomic mass is 32.1. The molecule has 3 N–H and O–H groups in total. The van der Waals surface area contributed by atoms with Crippen LogP contribution in [0.1, 0.15) is 21.7 Å². The van der Waals surface area contributed by atoms with E-state index in [2.05, 4.69) is 15.5 Å². The lowest BCUT2D eigenvalue weighted by Crippen LogP contribution is -2.49. The molecule has 0 bridgehead atoms. The standard InChI is InChI=1S/C16H15F5N4O2S/c17-15(18)2-9-11-13(28-12(9)7-3-22-23-4-7)14(27)24-8(5-25(11)6-15)1-10(26)16(19,20)21/h3-4,8,10,26H,1-2,5-6H2,(H,22,23)(H,24,27)/t8-,10+/m1/s1. The van der Waals surface area contributed by atoms with Crippen LogP contribution in [0.15, 0.2) is 12.4 Å². The lowest BCUT2D eigenvalue weighted by molar-refractivity contribution is -0.206. The van der Waals surface area contributed by atoms with E-state index in [1.807, 2.05) is 0 Å². The third-order valence-electron chi connectivity index (χ3n) is 4.78. The van der Waals surface area contributed by atoms with E-state index in [0.717, 1.165) is 11.3 Å². The summed E-state index contributed by atoms with van der Waals surface area (Å²) >= 11 is 1.00. The van der Waals surface area contributed by atoms with Crippen LogP contribution in [-0.2, 0) is 6.42 Å². The van der Waals surface area contributed by atoms with Crippen molar-refractivity contribution >= 4 is 22.9 Å². The first kappa shape index (κ1) is 19.1. The number of nitrogens with one attached hydrogen (secondary N) is 2. The fourth-order valence-electron chi connectivity index (χ4n) is 3.65. The van der Waals surface area contributed by atoms with Gasteiger partial charge in [-0.05, 0) is 0 Å². The van der Waals surface area contributed by atoms with Gasteiger partial charge < -0.3 is 15.3 Å². The highest BCUT2D eigenvalue weighted by Gasteiger charge is 2.46. The number of hydrogen-bond acceptors (Lipinski definition) is 5. The van der Waals surface area contributed by atoms with Gasteiger partial charge in [0.25, 0.3) is 11.8 Å². The Kier molecular flexibility index (Phi) is 4.38. The molecule has 6 nitrogen and oxygen atoms in total. The number of rotatable bonds is 3. The Labute approximate surface area is 159 Å². The van der Waals surface area contributed by atoms with Crippen molar-refractivity contribution in [3.63, 3.8) is 0 Å². The number of amides is 1. The molecule has 0 radical (unpaired) electrons. The Bertz CT molecular complexity index is 896. The summed E-state index contributed by atoms with van der Waals surface area (Å²) in [5.41, 5.74) is 1.17. The van der Waals surface area contributed by atoms with Crippen LogP contribution in [0.25, 0.3) is 10.4 Å². The third-order valence-corrected chi connectivity index (χ3v) is 6.05. The minimum atomic E-state index is -4.85. The topological polar surface area (TPSA) is 81.2 Å². The molecule has 152 valence electrons. The number of H-pyrrole nitrogens is 1. The molecule has 12 heteroatoms. The maximum atomic E-state index is 14.4. The number of hydrogen-bond donors (Lipinski definition) is 3. The van der Waals surface area contributed by atoms with Gasteiger partial charge in [-0.3, -0.25) is 9.89 Å². The lowest BCUT2D eigenvalue weighted by atomic mass is 9.97. The highest BCUT2D eigenvalue weighted by Crippen LogP contribution is 2.48. The van der Waals surface area contributed by atoms with Crippen molar-refractivity contribution < 1.29 is 31.9 Å². The van der Waals surface area contributed by atoms with Gasteiger partial charge in [0.1, 0.15) is 4.88 Å². The number of aliphatic hydroxyl groups excluding tert-OH is 1. The molecule has 0 aromatic carbocycles. The first-order valence-electron chi connectivity index (χ1n) is 8.38. The Morgan fingerprint density at radius 1 is 1.39 bits per heavy atom. The molecule has 2 aliphatic rings. The van der Waals surface area contributed by atoms with Crippen LogP contribution < -0.4 is 10.2 Å². The quantitative estimate of drug-likeness (QED) is 0.665. The second-order valence-corrected chi connectivity index (χ2v) is 7.97. The zero-order chi connectivity index (χ0) is 20.3. The zero-order valence-electron chi connectivity index (χ0n) is 14.2. The molecule has 0 aliphatic carbocycles. The first-order valence-corrected chi connectivity index (χ1v) is 9.20. The van der Waals surface area contributed by atoms with Crippen molar-refractivity contribution in [1.29, 1.82) is 0 Å². The minimum absolute atomic E-state index is 0.172. The smallest absolute Gasteiger partial charge is 0.384 e. The van der Waals surface area contributed by atoms with Gasteiger partial charge in [0, 0.05) is 47.6 Å². The van der Waals surface area contributed by atoms with E-state index in [1.165, 1.54) is 17.3 Å². The summed E-state index contributed by atoms with van der Waals surface area (Å²) in [6.45, 7) is -0.960. The summed E-state index contributed by atoms with van der Waals surface area (Å²) in [5.74, 6) is -3.74. The molecule has 0 saturated carbocycles. The molecule has 4 heterocycles. The summed E-state index contributed by atoms with van der Waals surface area (Å²) in [6.07, 6.45) is -5.90. The maximum Gasteiger partial charge on any atom is 0.414 e. The molecule has 2 aromatic heterocycles. The Hall–Kier alpha value is -2.21. The molecule has 2 aromatic rings. The molecular weight excluding hydrogens is 407 g/mol. The summed E-state index contributed by atoms with van der Waals surface area (Å²) < 4.78 is 66.8. The van der Waals surface area contributed by atoms with Gasteiger partial charge in [0.05, 0.1) is 18.4 Å². The summed E-state index contributed by atoms with van der Waals surface area (Å²) in [7, 11) is 0. The Balaban J connectivity index is 1.73. The first-order chi connectivity index (χ1) is 13.0. The van der Waals surface area contributed by atoms with Crippen molar-refractivity contribution in [1.82, 2.24) is 15.5 Å². The number of aromatic nitrogens is 2. The number of alkyl halides is 5. The van der Waals surface area contributed by atoms with Crippen molar-refractivity contribution in [2.75, 3.05) is 18.0 Å². The summed E-state index contributed by atoms with van der Waals surface area (Å²) in [6, 6.07) is -1.12. The van der Waals surface area contributed by atoms with Crippen LogP contribution in [0.4, 0.5) is 27.6 Å². The number of carbonyl (C=O) groups is 1. The molecule has 4 rings (SSSR count). The maximum absolute atomic E-state index is 14.4. The van der Waals surface area contributed by atoms with E-state index in [9.17, 15) is 31.9 Å². The normalized spacial score (nSPS) is 22.4. The van der Waals surface area contributed by atoms with Gasteiger partial charge >= 0.3 is 6.18 Å². The van der Waals surface area contributed by atoms with Crippen molar-refractivity contribution in [3.05, 3.63) is 22.8 Å². The second kappa shape index (κ2) is 6.41. The molecular formula is C16H15F5N4O2S. The number of halogens is 5. The number of thiophene rings is 1. The SMILES string of the molecule is O=C1N[C@H](C[C@H](O)C(F)(F)F)CN2CC(F)(F)Cc3c(-c4cn[nH]c4)sc1c32. The minimum Gasteiger partial charge on any atom is -0.384 e. The van der Waals surface area contributed by atoms with Crippen LogP contribution in [0.3, 0.4) is 0 Å². The third kappa shape index (κ3) is 3.34. The second-order valence-electron chi connectivity index (χ2n) is 6.95. The van der Waals surface area contributed by atoms with Crippen molar-refractivity contribution in [2.45, 2.75) is 37.1 Å². The predicted octanol–water partition coefficient (Wildman–Crippen LogP) is 2.56. The summed E-state index contributed by atoms with van der Waals surface area (Å²) in [4.78, 5) is 14.5. The molecule has 0 saturated heterocycles. The van der Waals surface area contributed by atoms with Crippen LogP contribution in [0.5, 0.6) is 0 Å². The summed E-state index contributed by atoms with van der Waals surface area (Å²) in [5, 5.41) is 18.2. The van der Waals surface area contributed by atoms with Gasteiger partial charge in [0.15, 0.2) is 6.10 Å². The largest absolute Gasteiger partial charge is 0.414 e. The van der Waals surface area contributed by atoms with Gasteiger partial charge in [-0.25, -0.2) is 8.78 Å². The molecule has 1 amide bonds. The fraction of sp³-hybridized carbons (Fsp3) is 0.500. The molecule has 0 spiro atoms. The zero-order valence-corrected chi connectivity index (χ0v) is 15.0. The van der Waals surface area contributed by atoms with Crippen molar-refractivity contribution in [2.24, 2.45) is 0 Å². The monoisotopic (exact) mass is 422 g/mol. The van der Waals surface area contributed by atoms with Crippen LogP contribution in [0, 0.1) is 0 Å². The van der Waals surface area contributed by atoms with Gasteiger partial charge in [-0.1, -0.05) is 0 Å². The average Bonchev–Trinajstić information content (AvgIpc) is 3.17. The van der Waals surface area contributed by atoms with E-state index in [4.69, 9.17) is 0 Å². The molecule has 0 fully saturated rings. The van der Waals surface area contributed by atoms with Gasteiger partial charge in [0.2, 0.25) is 0 Å². The number of nitrogens with zero attached hydrogens (tertiary/aromatic N) is 2. The molecule has 2 aliphatic heterocycles. The van der Waals surface area contributed by atoms with E-state index >= 15 is 0 Å². The van der Waals surface area contributed by atoms with Crippen LogP contribution in [-0.4, -0.2) is 58.5 Å². The highest BCUT2D eigenvalue weighted by molar-refractivity contribution is 7.18. The van der Waals surface area contributed by atoms with Gasteiger partial charge in [-0.2, -0.15) is 18.3 Å². The number of carbonyl (C=O) groups excluding carboxylic acids is 1. The average molecular weight is 422 g/mol. The molecule has 28 heavy (non-hydrogen) atoms.